The van der Waals surface area contributed by atoms with Crippen LogP contribution in [0.2, 0.25) is 0 Å². The summed E-state index contributed by atoms with van der Waals surface area (Å²) < 4.78 is 0. The molecule has 0 saturated carbocycles. The van der Waals surface area contributed by atoms with Crippen molar-refractivity contribution in [3.8, 4) is 0 Å². The fourth-order valence-electron chi connectivity index (χ4n) is 2.47. The minimum absolute atomic E-state index is 0. The minimum Gasteiger partial charge on any atom is -0.360 e. The van der Waals surface area contributed by atoms with E-state index in [-0.39, 0.29) is 18.3 Å². The minimum atomic E-state index is 0. The molecule has 1 aliphatic heterocycles. The van der Waals surface area contributed by atoms with Crippen molar-refractivity contribution in [2.45, 2.75) is 6.42 Å². The second-order valence-corrected chi connectivity index (χ2v) is 4.64. The second kappa shape index (κ2) is 6.08. The lowest BCUT2D eigenvalue weighted by atomic mass is 10.1. The van der Waals surface area contributed by atoms with E-state index >= 15 is 0 Å². The molecule has 1 aliphatic rings. The number of benzene rings is 1. The van der Waals surface area contributed by atoms with Gasteiger partial charge in [-0.2, -0.15) is 0 Å². The molecule has 19 heavy (non-hydrogen) atoms. The third-order valence-electron chi connectivity index (χ3n) is 3.45. The third-order valence-corrected chi connectivity index (χ3v) is 3.45. The molecule has 0 unspecified atom stereocenters. The van der Waals surface area contributed by atoms with Crippen molar-refractivity contribution in [3.63, 3.8) is 0 Å². The van der Waals surface area contributed by atoms with Gasteiger partial charge in [0.05, 0.1) is 5.56 Å². The summed E-state index contributed by atoms with van der Waals surface area (Å²) in [6, 6.07) is 7.94. The lowest BCUT2D eigenvalue weighted by Gasteiger charge is -2.19. The Morgan fingerprint density at radius 3 is 2.89 bits per heavy atom. The third kappa shape index (κ3) is 2.74. The highest BCUT2D eigenvalue weighted by Gasteiger charge is 2.19. The van der Waals surface area contributed by atoms with Crippen LogP contribution < -0.4 is 5.32 Å². The predicted molar refractivity (Wildman–Crippen MR) is 78.9 cm³/mol. The molecule has 0 spiro atoms. The van der Waals surface area contributed by atoms with Gasteiger partial charge in [-0.3, -0.25) is 4.79 Å². The highest BCUT2D eigenvalue weighted by Crippen LogP contribution is 2.19. The molecule has 4 nitrogen and oxygen atoms in total. The number of para-hydroxylation sites is 1. The molecule has 102 valence electrons. The zero-order valence-electron chi connectivity index (χ0n) is 10.7. The van der Waals surface area contributed by atoms with Crippen LogP contribution >= 0.6 is 12.4 Å². The van der Waals surface area contributed by atoms with E-state index in [1.807, 2.05) is 35.4 Å². The first-order valence-corrected chi connectivity index (χ1v) is 6.42. The summed E-state index contributed by atoms with van der Waals surface area (Å²) in [5, 5.41) is 4.33. The van der Waals surface area contributed by atoms with Gasteiger partial charge < -0.3 is 15.2 Å². The molecule has 5 heteroatoms. The second-order valence-electron chi connectivity index (χ2n) is 4.64. The molecule has 3 rings (SSSR count). The zero-order chi connectivity index (χ0) is 12.4. The first kappa shape index (κ1) is 13.9. The smallest absolute Gasteiger partial charge is 0.256 e. The number of H-pyrrole nitrogens is 1. The lowest BCUT2D eigenvalue weighted by molar-refractivity contribution is 0.0768. The van der Waals surface area contributed by atoms with Crippen LogP contribution in [-0.2, 0) is 0 Å². The van der Waals surface area contributed by atoms with Crippen molar-refractivity contribution >= 4 is 29.2 Å². The van der Waals surface area contributed by atoms with Gasteiger partial charge in [-0.15, -0.1) is 12.4 Å². The quantitative estimate of drug-likeness (QED) is 0.839. The van der Waals surface area contributed by atoms with Gasteiger partial charge >= 0.3 is 0 Å². The van der Waals surface area contributed by atoms with Gasteiger partial charge in [-0.05, 0) is 19.0 Å². The van der Waals surface area contributed by atoms with Crippen LogP contribution in [0.1, 0.15) is 16.8 Å². The summed E-state index contributed by atoms with van der Waals surface area (Å²) in [6.07, 6.45) is 2.85. The van der Waals surface area contributed by atoms with Crippen LogP contribution in [0.25, 0.3) is 10.9 Å². The fourth-order valence-corrected chi connectivity index (χ4v) is 2.47. The van der Waals surface area contributed by atoms with Gasteiger partial charge in [0.25, 0.3) is 5.91 Å². The van der Waals surface area contributed by atoms with E-state index in [0.717, 1.165) is 49.1 Å². The molecule has 1 aromatic heterocycles. The van der Waals surface area contributed by atoms with Crippen LogP contribution in [0, 0.1) is 0 Å². The maximum absolute atomic E-state index is 12.5. The standard InChI is InChI=1S/C14H17N3O.ClH/c18-14(17-8-3-6-15-7-9-17)12-10-16-13-5-2-1-4-11(12)13;/h1-2,4-5,10,15-16H,3,6-9H2;1H. The van der Waals surface area contributed by atoms with Gasteiger partial charge in [-0.25, -0.2) is 0 Å². The number of aromatic amines is 1. The maximum Gasteiger partial charge on any atom is 0.256 e. The van der Waals surface area contributed by atoms with Crippen LogP contribution in [0.4, 0.5) is 0 Å². The van der Waals surface area contributed by atoms with Crippen molar-refractivity contribution in [1.29, 1.82) is 0 Å². The average molecular weight is 280 g/mol. The summed E-state index contributed by atoms with van der Waals surface area (Å²) >= 11 is 0. The van der Waals surface area contributed by atoms with E-state index in [9.17, 15) is 4.79 Å². The number of nitrogens with one attached hydrogen (secondary N) is 2. The Balaban J connectivity index is 0.00000133. The Morgan fingerprint density at radius 1 is 1.16 bits per heavy atom. The molecular formula is C14H18ClN3O. The Kier molecular flexibility index (Phi) is 4.45. The van der Waals surface area contributed by atoms with Gasteiger partial charge in [-0.1, -0.05) is 18.2 Å². The fraction of sp³-hybridized carbons (Fsp3) is 0.357. The number of rotatable bonds is 1. The molecule has 0 bridgehead atoms. The maximum atomic E-state index is 12.5. The van der Waals surface area contributed by atoms with Crippen LogP contribution in [-0.4, -0.2) is 42.0 Å². The van der Waals surface area contributed by atoms with Crippen molar-refractivity contribution in [2.24, 2.45) is 0 Å². The van der Waals surface area contributed by atoms with Gasteiger partial charge in [0, 0.05) is 36.7 Å². The molecule has 1 aromatic carbocycles. The zero-order valence-corrected chi connectivity index (χ0v) is 11.5. The van der Waals surface area contributed by atoms with Gasteiger partial charge in [0.1, 0.15) is 0 Å². The van der Waals surface area contributed by atoms with Gasteiger partial charge in [0.15, 0.2) is 0 Å². The molecule has 1 amide bonds. The summed E-state index contributed by atoms with van der Waals surface area (Å²) in [5.74, 6) is 0.135. The number of nitrogens with zero attached hydrogens (tertiary/aromatic N) is 1. The number of halogens is 1. The number of carbonyl (C=O) groups excluding carboxylic acids is 1. The van der Waals surface area contributed by atoms with E-state index in [4.69, 9.17) is 0 Å². The van der Waals surface area contributed by atoms with E-state index in [1.54, 1.807) is 0 Å². The first-order chi connectivity index (χ1) is 8.86. The molecule has 2 heterocycles. The molecule has 1 saturated heterocycles. The number of hydrogen-bond acceptors (Lipinski definition) is 2. The van der Waals surface area contributed by atoms with E-state index < -0.39 is 0 Å². The van der Waals surface area contributed by atoms with Crippen molar-refractivity contribution < 1.29 is 4.79 Å². The summed E-state index contributed by atoms with van der Waals surface area (Å²) in [4.78, 5) is 17.6. The highest BCUT2D eigenvalue weighted by atomic mass is 35.5. The number of amides is 1. The van der Waals surface area contributed by atoms with Crippen molar-refractivity contribution in [3.05, 3.63) is 36.0 Å². The average Bonchev–Trinajstić information content (AvgIpc) is 2.65. The Morgan fingerprint density at radius 2 is 2.00 bits per heavy atom. The summed E-state index contributed by atoms with van der Waals surface area (Å²) in [5.41, 5.74) is 1.81. The van der Waals surface area contributed by atoms with E-state index in [0.29, 0.717) is 0 Å². The summed E-state index contributed by atoms with van der Waals surface area (Å²) in [6.45, 7) is 3.51. The largest absolute Gasteiger partial charge is 0.360 e. The summed E-state index contributed by atoms with van der Waals surface area (Å²) in [7, 11) is 0. The molecule has 2 N–H and O–H groups in total. The Bertz CT molecular complexity index is 559. The monoisotopic (exact) mass is 279 g/mol. The SMILES string of the molecule is Cl.O=C(c1c[nH]c2ccccc12)N1CCCNCC1. The van der Waals surface area contributed by atoms with Crippen LogP contribution in [0.5, 0.6) is 0 Å². The normalized spacial score (nSPS) is 15.9. The molecule has 0 atom stereocenters. The number of fused-ring (bicyclic) bond motifs is 1. The topological polar surface area (TPSA) is 48.1 Å². The van der Waals surface area contributed by atoms with Crippen molar-refractivity contribution in [1.82, 2.24) is 15.2 Å². The Hall–Kier alpha value is -1.52. The predicted octanol–water partition coefficient (Wildman–Crippen LogP) is 2.03. The molecular weight excluding hydrogens is 262 g/mol. The Labute approximate surface area is 118 Å². The lowest BCUT2D eigenvalue weighted by Crippen LogP contribution is -2.34. The molecule has 0 aliphatic carbocycles. The highest BCUT2D eigenvalue weighted by molar-refractivity contribution is 6.06. The number of carbonyl (C=O) groups is 1. The number of hydrogen-bond donors (Lipinski definition) is 2. The number of aromatic nitrogens is 1. The van der Waals surface area contributed by atoms with Gasteiger partial charge in [0.2, 0.25) is 0 Å². The first-order valence-electron chi connectivity index (χ1n) is 6.42. The van der Waals surface area contributed by atoms with E-state index in [2.05, 4.69) is 10.3 Å². The van der Waals surface area contributed by atoms with Crippen LogP contribution in [0.3, 0.4) is 0 Å². The molecule has 1 fully saturated rings. The van der Waals surface area contributed by atoms with E-state index in [1.165, 1.54) is 0 Å². The molecule has 2 aromatic rings. The van der Waals surface area contributed by atoms with Crippen molar-refractivity contribution in [2.75, 3.05) is 26.2 Å². The van der Waals surface area contributed by atoms with Crippen LogP contribution in [0.15, 0.2) is 30.5 Å². The molecule has 0 radical (unpaired) electrons.